The Kier molecular flexibility index (Phi) is 5.91. The molecule has 1 aromatic carbocycles. The van der Waals surface area contributed by atoms with E-state index in [0.29, 0.717) is 11.6 Å². The SMILES string of the molecule is Cc1ccccc1C(=O)Nc1ccnn1C1CCN(C[C@H]2CC=CCC2)CC1. The number of hydrogen-bond donors (Lipinski definition) is 1. The molecule has 0 saturated carbocycles. The van der Waals surface area contributed by atoms with E-state index in [9.17, 15) is 4.79 Å². The molecule has 148 valence electrons. The number of rotatable bonds is 5. The van der Waals surface area contributed by atoms with Crippen LogP contribution in [0.15, 0.2) is 48.7 Å². The fourth-order valence-electron chi connectivity index (χ4n) is 4.45. The Balaban J connectivity index is 1.35. The Morgan fingerprint density at radius 2 is 1.96 bits per heavy atom. The van der Waals surface area contributed by atoms with Crippen molar-refractivity contribution < 1.29 is 4.79 Å². The summed E-state index contributed by atoms with van der Waals surface area (Å²) in [6.45, 7) is 5.39. The van der Waals surface area contributed by atoms with E-state index >= 15 is 0 Å². The van der Waals surface area contributed by atoms with Crippen LogP contribution in [-0.4, -0.2) is 40.2 Å². The lowest BCUT2D eigenvalue weighted by Crippen LogP contribution is -2.38. The van der Waals surface area contributed by atoms with Crippen molar-refractivity contribution in [2.24, 2.45) is 5.92 Å². The molecule has 4 rings (SSSR count). The number of aryl methyl sites for hydroxylation is 1. The quantitative estimate of drug-likeness (QED) is 0.783. The summed E-state index contributed by atoms with van der Waals surface area (Å²) in [5.41, 5.74) is 1.70. The minimum absolute atomic E-state index is 0.0670. The van der Waals surface area contributed by atoms with Gasteiger partial charge in [0.25, 0.3) is 5.91 Å². The van der Waals surface area contributed by atoms with Crippen LogP contribution in [0.1, 0.15) is 54.1 Å². The molecule has 1 saturated heterocycles. The summed E-state index contributed by atoms with van der Waals surface area (Å²) < 4.78 is 2.01. The molecule has 1 N–H and O–H groups in total. The van der Waals surface area contributed by atoms with Crippen molar-refractivity contribution in [1.29, 1.82) is 0 Å². The molecular formula is C23H30N4O. The summed E-state index contributed by atoms with van der Waals surface area (Å²) in [6.07, 6.45) is 12.4. The fourth-order valence-corrected chi connectivity index (χ4v) is 4.45. The summed E-state index contributed by atoms with van der Waals surface area (Å²) in [7, 11) is 0. The summed E-state index contributed by atoms with van der Waals surface area (Å²) in [4.78, 5) is 15.3. The van der Waals surface area contributed by atoms with Crippen LogP contribution < -0.4 is 5.32 Å². The number of allylic oxidation sites excluding steroid dienone is 2. The van der Waals surface area contributed by atoms with E-state index in [-0.39, 0.29) is 5.91 Å². The number of anilines is 1. The van der Waals surface area contributed by atoms with Crippen molar-refractivity contribution in [2.75, 3.05) is 25.0 Å². The van der Waals surface area contributed by atoms with E-state index in [1.54, 1.807) is 6.20 Å². The second-order valence-corrected chi connectivity index (χ2v) is 8.11. The second kappa shape index (κ2) is 8.74. The number of piperidine rings is 1. The number of nitrogens with one attached hydrogen (secondary N) is 1. The largest absolute Gasteiger partial charge is 0.307 e. The highest BCUT2D eigenvalue weighted by Crippen LogP contribution is 2.28. The minimum Gasteiger partial charge on any atom is -0.307 e. The first kappa shape index (κ1) is 18.9. The van der Waals surface area contributed by atoms with Crippen LogP contribution in [0.25, 0.3) is 0 Å². The average Bonchev–Trinajstić information content (AvgIpc) is 3.18. The van der Waals surface area contributed by atoms with Crippen LogP contribution >= 0.6 is 0 Å². The maximum Gasteiger partial charge on any atom is 0.257 e. The highest BCUT2D eigenvalue weighted by atomic mass is 16.1. The zero-order chi connectivity index (χ0) is 19.3. The van der Waals surface area contributed by atoms with Gasteiger partial charge in [-0.2, -0.15) is 5.10 Å². The number of amides is 1. The topological polar surface area (TPSA) is 50.2 Å². The Bertz CT molecular complexity index is 833. The van der Waals surface area contributed by atoms with Crippen LogP contribution in [0.2, 0.25) is 0 Å². The van der Waals surface area contributed by atoms with E-state index < -0.39 is 0 Å². The standard InChI is InChI=1S/C23H30N4O/c1-18-7-5-6-10-21(18)23(28)25-22-11-14-24-27(22)20-12-15-26(16-13-20)17-19-8-3-2-4-9-19/h2-3,5-7,10-11,14,19-20H,4,8-9,12-13,15-17H2,1H3,(H,25,28)/t19-/m0/s1. The molecule has 2 aliphatic rings. The lowest BCUT2D eigenvalue weighted by molar-refractivity contribution is 0.102. The van der Waals surface area contributed by atoms with Crippen LogP contribution in [0.5, 0.6) is 0 Å². The molecule has 28 heavy (non-hydrogen) atoms. The van der Waals surface area contributed by atoms with Gasteiger partial charge in [0.2, 0.25) is 0 Å². The zero-order valence-corrected chi connectivity index (χ0v) is 16.7. The lowest BCUT2D eigenvalue weighted by Gasteiger charge is -2.35. The monoisotopic (exact) mass is 378 g/mol. The third kappa shape index (κ3) is 4.36. The number of carbonyl (C=O) groups is 1. The average molecular weight is 379 g/mol. The minimum atomic E-state index is -0.0670. The molecule has 0 bridgehead atoms. The van der Waals surface area contributed by atoms with Crippen LogP contribution in [-0.2, 0) is 0 Å². The van der Waals surface area contributed by atoms with Crippen LogP contribution in [0, 0.1) is 12.8 Å². The summed E-state index contributed by atoms with van der Waals surface area (Å²) in [5, 5.41) is 7.59. The number of aromatic nitrogens is 2. The molecule has 5 nitrogen and oxygen atoms in total. The summed E-state index contributed by atoms with van der Waals surface area (Å²) in [6, 6.07) is 9.93. The van der Waals surface area contributed by atoms with Gasteiger partial charge in [0, 0.05) is 31.3 Å². The van der Waals surface area contributed by atoms with Crippen molar-refractivity contribution in [3.8, 4) is 0 Å². The van der Waals surface area contributed by atoms with Gasteiger partial charge in [-0.25, -0.2) is 4.68 Å². The van der Waals surface area contributed by atoms with E-state index in [4.69, 9.17) is 0 Å². The van der Waals surface area contributed by atoms with Gasteiger partial charge in [-0.1, -0.05) is 30.4 Å². The number of nitrogens with zero attached hydrogens (tertiary/aromatic N) is 3. The number of likely N-dealkylation sites (tertiary alicyclic amines) is 1. The van der Waals surface area contributed by atoms with Crippen molar-refractivity contribution in [2.45, 2.75) is 45.1 Å². The Labute approximate surface area is 167 Å². The molecule has 0 spiro atoms. The first-order chi connectivity index (χ1) is 13.7. The van der Waals surface area contributed by atoms with E-state index in [0.717, 1.165) is 43.2 Å². The van der Waals surface area contributed by atoms with Gasteiger partial charge in [0.05, 0.1) is 12.2 Å². The van der Waals surface area contributed by atoms with Crippen molar-refractivity contribution in [3.63, 3.8) is 0 Å². The van der Waals surface area contributed by atoms with E-state index in [1.807, 2.05) is 41.9 Å². The smallest absolute Gasteiger partial charge is 0.257 e. The zero-order valence-electron chi connectivity index (χ0n) is 16.7. The molecule has 1 aliphatic heterocycles. The molecule has 1 fully saturated rings. The van der Waals surface area contributed by atoms with Crippen LogP contribution in [0.3, 0.4) is 0 Å². The third-order valence-corrected chi connectivity index (χ3v) is 6.10. The molecular weight excluding hydrogens is 348 g/mol. The van der Waals surface area contributed by atoms with Crippen molar-refractivity contribution in [3.05, 3.63) is 59.8 Å². The molecule has 2 heterocycles. The van der Waals surface area contributed by atoms with E-state index in [2.05, 4.69) is 27.5 Å². The van der Waals surface area contributed by atoms with Crippen LogP contribution in [0.4, 0.5) is 5.82 Å². The normalized spacial score (nSPS) is 21.0. The van der Waals surface area contributed by atoms with Gasteiger partial charge in [-0.3, -0.25) is 4.79 Å². The van der Waals surface area contributed by atoms with Gasteiger partial charge < -0.3 is 10.2 Å². The third-order valence-electron chi connectivity index (χ3n) is 6.10. The molecule has 0 unspecified atom stereocenters. The maximum atomic E-state index is 12.7. The fraction of sp³-hybridized carbons (Fsp3) is 0.478. The summed E-state index contributed by atoms with van der Waals surface area (Å²) >= 11 is 0. The van der Waals surface area contributed by atoms with Gasteiger partial charge >= 0.3 is 0 Å². The van der Waals surface area contributed by atoms with Crippen molar-refractivity contribution >= 4 is 11.7 Å². The lowest BCUT2D eigenvalue weighted by atomic mass is 9.93. The molecule has 1 atom stereocenters. The highest BCUT2D eigenvalue weighted by molar-refractivity contribution is 6.04. The Morgan fingerprint density at radius 3 is 2.71 bits per heavy atom. The predicted octanol–water partition coefficient (Wildman–Crippen LogP) is 4.44. The predicted molar refractivity (Wildman–Crippen MR) is 113 cm³/mol. The van der Waals surface area contributed by atoms with Gasteiger partial charge in [0.15, 0.2) is 0 Å². The molecule has 0 radical (unpaired) electrons. The maximum absolute atomic E-state index is 12.7. The van der Waals surface area contributed by atoms with Gasteiger partial charge in [-0.15, -0.1) is 0 Å². The number of hydrogen-bond acceptors (Lipinski definition) is 3. The van der Waals surface area contributed by atoms with Gasteiger partial charge in [-0.05, 0) is 56.6 Å². The van der Waals surface area contributed by atoms with E-state index in [1.165, 1.54) is 25.8 Å². The molecule has 1 aliphatic carbocycles. The summed E-state index contributed by atoms with van der Waals surface area (Å²) in [5.74, 6) is 1.54. The first-order valence-corrected chi connectivity index (χ1v) is 10.5. The molecule has 1 aromatic heterocycles. The first-order valence-electron chi connectivity index (χ1n) is 10.5. The second-order valence-electron chi connectivity index (χ2n) is 8.11. The van der Waals surface area contributed by atoms with Gasteiger partial charge in [0.1, 0.15) is 5.82 Å². The number of benzene rings is 1. The Hall–Kier alpha value is -2.40. The molecule has 5 heteroatoms. The van der Waals surface area contributed by atoms with Crippen molar-refractivity contribution in [1.82, 2.24) is 14.7 Å². The Morgan fingerprint density at radius 1 is 1.14 bits per heavy atom. The number of carbonyl (C=O) groups excluding carboxylic acids is 1. The molecule has 2 aromatic rings. The molecule has 1 amide bonds. The highest BCUT2D eigenvalue weighted by Gasteiger charge is 2.25.